The van der Waals surface area contributed by atoms with Crippen LogP contribution in [0.5, 0.6) is 0 Å². The number of halogens is 4. The third-order valence-corrected chi connectivity index (χ3v) is 1.75. The van der Waals surface area contributed by atoms with Crippen molar-refractivity contribution in [1.29, 1.82) is 0 Å². The van der Waals surface area contributed by atoms with Crippen LogP contribution in [0.4, 0.5) is 23.2 Å². The molecule has 14 heavy (non-hydrogen) atoms. The van der Waals surface area contributed by atoms with E-state index in [0.717, 1.165) is 6.07 Å². The number of benzene rings is 1. The highest BCUT2D eigenvalue weighted by molar-refractivity contribution is 5.51. The zero-order valence-corrected chi connectivity index (χ0v) is 6.90. The number of hydrogen-bond acceptors (Lipinski definition) is 2. The Kier molecular flexibility index (Phi) is 2.66. The van der Waals surface area contributed by atoms with Crippen LogP contribution in [0.1, 0.15) is 11.1 Å². The van der Waals surface area contributed by atoms with E-state index in [0.29, 0.717) is 6.07 Å². The minimum atomic E-state index is -4.77. The fraction of sp³-hybridized carbons (Fsp3) is 0.250. The van der Waals surface area contributed by atoms with Crippen LogP contribution in [-0.2, 0) is 12.8 Å². The molecular weight excluding hydrogens is 202 g/mol. The maximum atomic E-state index is 13.0. The van der Waals surface area contributed by atoms with Gasteiger partial charge in [0.05, 0.1) is 17.9 Å². The summed E-state index contributed by atoms with van der Waals surface area (Å²) >= 11 is 0. The third-order valence-electron chi connectivity index (χ3n) is 1.75. The van der Waals surface area contributed by atoms with Gasteiger partial charge in [-0.3, -0.25) is 0 Å². The number of aliphatic hydroxyl groups excluding tert-OH is 1. The van der Waals surface area contributed by atoms with E-state index in [-0.39, 0.29) is 5.56 Å². The molecule has 0 heterocycles. The van der Waals surface area contributed by atoms with Crippen LogP contribution >= 0.6 is 0 Å². The summed E-state index contributed by atoms with van der Waals surface area (Å²) in [6, 6.07) is 1.50. The molecule has 0 atom stereocenters. The summed E-state index contributed by atoms with van der Waals surface area (Å²) in [7, 11) is 0. The highest BCUT2D eigenvalue weighted by Gasteiger charge is 2.35. The molecule has 1 aromatic rings. The molecule has 0 aliphatic carbocycles. The topological polar surface area (TPSA) is 46.2 Å². The second kappa shape index (κ2) is 3.45. The first kappa shape index (κ1) is 10.8. The quantitative estimate of drug-likeness (QED) is 0.548. The third kappa shape index (κ3) is 1.79. The SMILES string of the molecule is Nc1c(CO)ccc(C(F)(F)F)c1F. The molecule has 2 nitrogen and oxygen atoms in total. The Morgan fingerprint density at radius 1 is 1.29 bits per heavy atom. The van der Waals surface area contributed by atoms with Gasteiger partial charge >= 0.3 is 6.18 Å². The molecule has 1 rings (SSSR count). The molecule has 0 unspecified atom stereocenters. The number of rotatable bonds is 1. The van der Waals surface area contributed by atoms with E-state index in [9.17, 15) is 17.6 Å². The molecule has 0 amide bonds. The number of anilines is 1. The van der Waals surface area contributed by atoms with Crippen molar-refractivity contribution in [2.24, 2.45) is 0 Å². The summed E-state index contributed by atoms with van der Waals surface area (Å²) in [6.07, 6.45) is -4.77. The van der Waals surface area contributed by atoms with Gasteiger partial charge in [-0.2, -0.15) is 13.2 Å². The minimum Gasteiger partial charge on any atom is -0.396 e. The Balaban J connectivity index is 3.31. The van der Waals surface area contributed by atoms with Crippen molar-refractivity contribution >= 4 is 5.69 Å². The lowest BCUT2D eigenvalue weighted by Crippen LogP contribution is -2.11. The molecule has 0 aliphatic rings. The average Bonchev–Trinajstić information content (AvgIpc) is 2.07. The van der Waals surface area contributed by atoms with Crippen molar-refractivity contribution in [3.05, 3.63) is 29.1 Å². The van der Waals surface area contributed by atoms with Crippen molar-refractivity contribution in [2.45, 2.75) is 12.8 Å². The van der Waals surface area contributed by atoms with Crippen LogP contribution in [0.2, 0.25) is 0 Å². The van der Waals surface area contributed by atoms with Gasteiger partial charge in [-0.15, -0.1) is 0 Å². The van der Waals surface area contributed by atoms with Crippen molar-refractivity contribution < 1.29 is 22.7 Å². The lowest BCUT2D eigenvalue weighted by atomic mass is 10.1. The molecule has 0 radical (unpaired) electrons. The molecule has 0 fully saturated rings. The van der Waals surface area contributed by atoms with Gasteiger partial charge in [0.25, 0.3) is 0 Å². The highest BCUT2D eigenvalue weighted by Crippen LogP contribution is 2.34. The number of aliphatic hydroxyl groups is 1. The van der Waals surface area contributed by atoms with Crippen molar-refractivity contribution in [3.63, 3.8) is 0 Å². The molecule has 0 aromatic heterocycles. The number of hydrogen-bond donors (Lipinski definition) is 2. The maximum absolute atomic E-state index is 13.0. The fourth-order valence-corrected chi connectivity index (χ4v) is 0.990. The standard InChI is InChI=1S/C8H7F4NO/c9-6-5(8(10,11)12)2-1-4(3-14)7(6)13/h1-2,14H,3,13H2. The van der Waals surface area contributed by atoms with Gasteiger partial charge in [-0.1, -0.05) is 6.07 Å². The predicted molar refractivity (Wildman–Crippen MR) is 41.7 cm³/mol. The van der Waals surface area contributed by atoms with Crippen LogP contribution < -0.4 is 5.73 Å². The van der Waals surface area contributed by atoms with E-state index in [4.69, 9.17) is 10.8 Å². The van der Waals surface area contributed by atoms with E-state index < -0.39 is 29.9 Å². The summed E-state index contributed by atoms with van der Waals surface area (Å²) < 4.78 is 49.3. The molecule has 0 aliphatic heterocycles. The molecule has 0 spiro atoms. The van der Waals surface area contributed by atoms with Crippen molar-refractivity contribution in [1.82, 2.24) is 0 Å². The van der Waals surface area contributed by atoms with E-state index in [1.807, 2.05) is 0 Å². The normalized spacial score (nSPS) is 11.8. The smallest absolute Gasteiger partial charge is 0.396 e. The summed E-state index contributed by atoms with van der Waals surface area (Å²) in [4.78, 5) is 0. The fourth-order valence-electron chi connectivity index (χ4n) is 0.990. The van der Waals surface area contributed by atoms with Gasteiger partial charge in [-0.25, -0.2) is 4.39 Å². The van der Waals surface area contributed by atoms with Crippen LogP contribution in [0.25, 0.3) is 0 Å². The first-order chi connectivity index (χ1) is 6.38. The molecule has 1 aromatic carbocycles. The molecule has 0 bridgehead atoms. The number of nitrogens with two attached hydrogens (primary N) is 1. The van der Waals surface area contributed by atoms with E-state index in [2.05, 4.69) is 0 Å². The molecule has 6 heteroatoms. The van der Waals surface area contributed by atoms with E-state index >= 15 is 0 Å². The molecule has 78 valence electrons. The van der Waals surface area contributed by atoms with Crippen LogP contribution in [0.3, 0.4) is 0 Å². The van der Waals surface area contributed by atoms with Crippen LogP contribution in [-0.4, -0.2) is 5.11 Å². The summed E-state index contributed by atoms with van der Waals surface area (Å²) in [5, 5.41) is 8.61. The average molecular weight is 209 g/mol. The Hall–Kier alpha value is -1.30. The molecule has 3 N–H and O–H groups in total. The molecular formula is C8H7F4NO. The zero-order valence-electron chi connectivity index (χ0n) is 6.90. The Morgan fingerprint density at radius 3 is 2.29 bits per heavy atom. The highest BCUT2D eigenvalue weighted by atomic mass is 19.4. The van der Waals surface area contributed by atoms with E-state index in [1.54, 1.807) is 0 Å². The van der Waals surface area contributed by atoms with Crippen LogP contribution in [0.15, 0.2) is 12.1 Å². The number of nitrogen functional groups attached to an aromatic ring is 1. The lowest BCUT2D eigenvalue weighted by Gasteiger charge is -2.11. The van der Waals surface area contributed by atoms with Gasteiger partial charge in [0.15, 0.2) is 5.82 Å². The van der Waals surface area contributed by atoms with Crippen LogP contribution in [0, 0.1) is 5.82 Å². The van der Waals surface area contributed by atoms with Crippen molar-refractivity contribution in [2.75, 3.05) is 5.73 Å². The Bertz CT molecular complexity index is 348. The lowest BCUT2D eigenvalue weighted by molar-refractivity contribution is -0.139. The first-order valence-electron chi connectivity index (χ1n) is 3.63. The van der Waals surface area contributed by atoms with Gasteiger partial charge in [0, 0.05) is 5.56 Å². The maximum Gasteiger partial charge on any atom is 0.419 e. The van der Waals surface area contributed by atoms with Gasteiger partial charge < -0.3 is 10.8 Å². The first-order valence-corrected chi connectivity index (χ1v) is 3.63. The summed E-state index contributed by atoms with van der Waals surface area (Å²) in [6.45, 7) is -0.596. The molecule has 0 saturated heterocycles. The van der Waals surface area contributed by atoms with Crippen molar-refractivity contribution in [3.8, 4) is 0 Å². The Morgan fingerprint density at radius 2 is 1.86 bits per heavy atom. The van der Waals surface area contributed by atoms with Gasteiger partial charge in [0.2, 0.25) is 0 Å². The zero-order chi connectivity index (χ0) is 10.9. The largest absolute Gasteiger partial charge is 0.419 e. The second-order valence-electron chi connectivity index (χ2n) is 2.66. The monoisotopic (exact) mass is 209 g/mol. The summed E-state index contributed by atoms with van der Waals surface area (Å²) in [5.41, 5.74) is 2.91. The molecule has 0 saturated carbocycles. The minimum absolute atomic E-state index is 0.0597. The summed E-state index contributed by atoms with van der Waals surface area (Å²) in [5.74, 6) is -1.54. The Labute approximate surface area is 77.0 Å². The second-order valence-corrected chi connectivity index (χ2v) is 2.66. The van der Waals surface area contributed by atoms with E-state index in [1.165, 1.54) is 0 Å². The number of alkyl halides is 3. The van der Waals surface area contributed by atoms with Gasteiger partial charge in [0.1, 0.15) is 0 Å². The van der Waals surface area contributed by atoms with Gasteiger partial charge in [-0.05, 0) is 6.07 Å². The predicted octanol–water partition coefficient (Wildman–Crippen LogP) is 1.92.